The zero-order chi connectivity index (χ0) is 50.6. The molecule has 0 aromatic rings. The van der Waals surface area contributed by atoms with E-state index in [4.69, 9.17) is 18.5 Å². The quantitative estimate of drug-likeness (QED) is 0.0195. The molecule has 404 valence electrons. The van der Waals surface area contributed by atoms with Gasteiger partial charge in [0, 0.05) is 12.8 Å². The highest BCUT2D eigenvalue weighted by molar-refractivity contribution is 7.45. The van der Waals surface area contributed by atoms with Crippen LogP contribution in [0.15, 0.2) is 48.6 Å². The van der Waals surface area contributed by atoms with Crippen molar-refractivity contribution < 1.29 is 42.1 Å². The molecular formula is C59H110NO8P. The second-order valence-corrected chi connectivity index (χ2v) is 22.0. The highest BCUT2D eigenvalue weighted by atomic mass is 31.2. The van der Waals surface area contributed by atoms with Crippen molar-refractivity contribution in [3.8, 4) is 0 Å². The summed E-state index contributed by atoms with van der Waals surface area (Å²) in [6, 6.07) is 0. The van der Waals surface area contributed by atoms with Gasteiger partial charge in [0.15, 0.2) is 6.10 Å². The number of ether oxygens (including phenoxy) is 2. The Bertz CT molecular complexity index is 1310. The molecule has 0 amide bonds. The minimum absolute atomic E-state index is 0.0283. The number of phosphoric acid groups is 1. The van der Waals surface area contributed by atoms with Gasteiger partial charge in [0.05, 0.1) is 27.7 Å². The number of allylic oxidation sites excluding steroid dienone is 8. The van der Waals surface area contributed by atoms with E-state index >= 15 is 0 Å². The van der Waals surface area contributed by atoms with Gasteiger partial charge in [-0.2, -0.15) is 0 Å². The lowest BCUT2D eigenvalue weighted by Gasteiger charge is -2.28. The number of esters is 2. The first kappa shape index (κ1) is 67.0. The first-order valence-corrected chi connectivity index (χ1v) is 30.3. The van der Waals surface area contributed by atoms with E-state index in [2.05, 4.69) is 62.5 Å². The van der Waals surface area contributed by atoms with Gasteiger partial charge in [-0.1, -0.05) is 249 Å². The van der Waals surface area contributed by atoms with E-state index in [9.17, 15) is 19.0 Å². The predicted molar refractivity (Wildman–Crippen MR) is 291 cm³/mol. The number of carbonyl (C=O) groups is 2. The zero-order valence-electron chi connectivity index (χ0n) is 45.8. The molecule has 0 aromatic heterocycles. The van der Waals surface area contributed by atoms with Gasteiger partial charge in [-0.3, -0.25) is 14.2 Å². The summed E-state index contributed by atoms with van der Waals surface area (Å²) in [6.07, 6.45) is 63.3. The van der Waals surface area contributed by atoms with Crippen molar-refractivity contribution in [3.63, 3.8) is 0 Å². The number of rotatable bonds is 53. The zero-order valence-corrected chi connectivity index (χ0v) is 46.7. The number of quaternary nitrogens is 1. The first-order valence-electron chi connectivity index (χ1n) is 28.8. The van der Waals surface area contributed by atoms with Crippen LogP contribution < -0.4 is 4.89 Å². The molecule has 2 atom stereocenters. The topological polar surface area (TPSA) is 111 Å². The first-order chi connectivity index (χ1) is 33.5. The molecular weight excluding hydrogens is 882 g/mol. The van der Waals surface area contributed by atoms with E-state index < -0.39 is 26.5 Å². The number of likely N-dealkylation sites (N-methyl/N-ethyl adjacent to an activating group) is 1. The van der Waals surface area contributed by atoms with Crippen LogP contribution in [0.5, 0.6) is 0 Å². The monoisotopic (exact) mass is 992 g/mol. The molecule has 0 radical (unpaired) electrons. The SMILES string of the molecule is CC/C=C\C/C=C\C/C=C\C/C=C\CCCCCCCCCCCCCCCCCCCCCCCCC(=O)OC(COC(=O)CCCCCCCCCCCC)COP(=O)([O-])OCC[N+](C)(C)C. The summed E-state index contributed by atoms with van der Waals surface area (Å²) in [4.78, 5) is 37.7. The van der Waals surface area contributed by atoms with Gasteiger partial charge in [-0.25, -0.2) is 0 Å². The van der Waals surface area contributed by atoms with E-state index in [0.717, 1.165) is 57.8 Å². The highest BCUT2D eigenvalue weighted by Crippen LogP contribution is 2.38. The van der Waals surface area contributed by atoms with Gasteiger partial charge in [0.1, 0.15) is 19.8 Å². The van der Waals surface area contributed by atoms with Crippen LogP contribution in [0, 0.1) is 0 Å². The van der Waals surface area contributed by atoms with E-state index in [1.807, 2.05) is 21.1 Å². The van der Waals surface area contributed by atoms with Crippen LogP contribution in [0.1, 0.15) is 264 Å². The van der Waals surface area contributed by atoms with Gasteiger partial charge in [-0.15, -0.1) is 0 Å². The fourth-order valence-electron chi connectivity index (χ4n) is 8.18. The van der Waals surface area contributed by atoms with Gasteiger partial charge in [-0.05, 0) is 51.4 Å². The molecule has 0 aliphatic carbocycles. The fraction of sp³-hybridized carbons (Fsp3) is 0.831. The van der Waals surface area contributed by atoms with Crippen LogP contribution in [-0.4, -0.2) is 70.0 Å². The van der Waals surface area contributed by atoms with E-state index in [1.54, 1.807) is 0 Å². The summed E-state index contributed by atoms with van der Waals surface area (Å²) in [7, 11) is 1.18. The molecule has 0 spiro atoms. The van der Waals surface area contributed by atoms with E-state index in [-0.39, 0.29) is 32.0 Å². The number of carbonyl (C=O) groups excluding carboxylic acids is 2. The Balaban J connectivity index is 3.91. The standard InChI is InChI=1S/C59H110NO8P/c1-6-8-10-12-14-16-18-19-20-21-22-23-24-25-26-27-28-29-30-31-32-33-34-35-36-37-38-39-40-41-42-44-46-48-50-52-59(62)68-57(56-67-69(63,64)66-54-53-60(3,4)5)55-65-58(61)51-49-47-45-43-17-15-13-11-9-7-2/h8,10,14,16,19-20,22-23,57H,6-7,9,11-13,15,17-18,21,24-56H2,1-5H3/b10-8-,16-14-,20-19-,23-22-. The van der Waals surface area contributed by atoms with Crippen molar-refractivity contribution in [3.05, 3.63) is 48.6 Å². The molecule has 0 aliphatic rings. The van der Waals surface area contributed by atoms with Crippen molar-refractivity contribution in [1.29, 1.82) is 0 Å². The smallest absolute Gasteiger partial charge is 0.306 e. The van der Waals surface area contributed by atoms with Crippen LogP contribution in [0.3, 0.4) is 0 Å². The highest BCUT2D eigenvalue weighted by Gasteiger charge is 2.22. The second-order valence-electron chi connectivity index (χ2n) is 20.6. The summed E-state index contributed by atoms with van der Waals surface area (Å²) in [6.45, 7) is 4.13. The Labute approximate surface area is 426 Å². The number of hydrogen-bond donors (Lipinski definition) is 0. The molecule has 2 unspecified atom stereocenters. The lowest BCUT2D eigenvalue weighted by Crippen LogP contribution is -2.37. The predicted octanol–water partition coefficient (Wildman–Crippen LogP) is 17.1. The van der Waals surface area contributed by atoms with Crippen LogP contribution in [0.25, 0.3) is 0 Å². The van der Waals surface area contributed by atoms with Crippen molar-refractivity contribution in [2.24, 2.45) is 0 Å². The molecule has 0 aromatic carbocycles. The number of phosphoric ester groups is 1. The summed E-state index contributed by atoms with van der Waals surface area (Å²) < 4.78 is 34.0. The van der Waals surface area contributed by atoms with Gasteiger partial charge in [0.2, 0.25) is 0 Å². The third kappa shape index (κ3) is 55.1. The molecule has 0 bridgehead atoms. The number of unbranched alkanes of at least 4 members (excludes halogenated alkanes) is 31. The normalized spacial score (nSPS) is 13.7. The largest absolute Gasteiger partial charge is 0.756 e. The maximum Gasteiger partial charge on any atom is 0.306 e. The fourth-order valence-corrected chi connectivity index (χ4v) is 8.91. The Morgan fingerprint density at radius 2 is 0.826 bits per heavy atom. The van der Waals surface area contributed by atoms with Crippen molar-refractivity contribution in [2.45, 2.75) is 270 Å². The van der Waals surface area contributed by atoms with Crippen LogP contribution >= 0.6 is 7.82 Å². The van der Waals surface area contributed by atoms with Crippen LogP contribution in [0.2, 0.25) is 0 Å². The maximum absolute atomic E-state index is 12.8. The van der Waals surface area contributed by atoms with Crippen molar-refractivity contribution in [2.75, 3.05) is 47.5 Å². The third-order valence-electron chi connectivity index (χ3n) is 12.6. The summed E-state index contributed by atoms with van der Waals surface area (Å²) in [5.74, 6) is -0.823. The van der Waals surface area contributed by atoms with Gasteiger partial charge >= 0.3 is 11.9 Å². The van der Waals surface area contributed by atoms with E-state index in [1.165, 1.54) is 173 Å². The molecule has 0 N–H and O–H groups in total. The Morgan fingerprint density at radius 1 is 0.464 bits per heavy atom. The summed E-state index contributed by atoms with van der Waals surface area (Å²) in [5, 5.41) is 0. The molecule has 69 heavy (non-hydrogen) atoms. The summed E-state index contributed by atoms with van der Waals surface area (Å²) in [5.41, 5.74) is 0. The molecule has 0 fully saturated rings. The molecule has 9 nitrogen and oxygen atoms in total. The second kappa shape index (κ2) is 50.9. The molecule has 10 heteroatoms. The molecule has 0 saturated heterocycles. The third-order valence-corrected chi connectivity index (χ3v) is 13.6. The number of nitrogens with zero attached hydrogens (tertiary/aromatic N) is 1. The summed E-state index contributed by atoms with van der Waals surface area (Å²) >= 11 is 0. The Hall–Kier alpha value is -2.03. The van der Waals surface area contributed by atoms with Crippen molar-refractivity contribution >= 4 is 19.8 Å². The number of hydrogen-bond acceptors (Lipinski definition) is 8. The Morgan fingerprint density at radius 3 is 1.23 bits per heavy atom. The molecule has 0 aliphatic heterocycles. The molecule has 0 saturated carbocycles. The molecule has 0 rings (SSSR count). The molecule has 0 heterocycles. The van der Waals surface area contributed by atoms with Gasteiger partial charge < -0.3 is 27.9 Å². The van der Waals surface area contributed by atoms with Gasteiger partial charge in [0.25, 0.3) is 7.82 Å². The average Bonchev–Trinajstić information content (AvgIpc) is 3.31. The van der Waals surface area contributed by atoms with Crippen molar-refractivity contribution in [1.82, 2.24) is 0 Å². The Kier molecular flexibility index (Phi) is 49.4. The van der Waals surface area contributed by atoms with E-state index in [0.29, 0.717) is 17.4 Å². The lowest BCUT2D eigenvalue weighted by molar-refractivity contribution is -0.870. The van der Waals surface area contributed by atoms with Crippen LogP contribution in [-0.2, 0) is 32.7 Å². The minimum atomic E-state index is -4.62. The average molecular weight is 993 g/mol. The lowest BCUT2D eigenvalue weighted by atomic mass is 10.0. The minimum Gasteiger partial charge on any atom is -0.756 e. The maximum atomic E-state index is 12.8. The van der Waals surface area contributed by atoms with Crippen LogP contribution in [0.4, 0.5) is 0 Å².